The van der Waals surface area contributed by atoms with Gasteiger partial charge in [-0.15, -0.1) is 0 Å². The van der Waals surface area contributed by atoms with Crippen LogP contribution in [0.25, 0.3) is 0 Å². The molecule has 0 amide bonds. The van der Waals surface area contributed by atoms with Crippen LogP contribution in [0, 0.1) is 0 Å². The Morgan fingerprint density at radius 2 is 1.18 bits per heavy atom. The van der Waals surface area contributed by atoms with E-state index in [0.29, 0.717) is 5.57 Å². The van der Waals surface area contributed by atoms with E-state index in [2.05, 4.69) is 13.5 Å². The monoisotopic (exact) mass is 392 g/mol. The third-order valence-corrected chi connectivity index (χ3v) is 5.73. The highest BCUT2D eigenvalue weighted by atomic mass is 16.6. The Balaban J connectivity index is 1.79. The predicted octanol–water partition coefficient (Wildman–Crippen LogP) is 7.39. The lowest BCUT2D eigenvalue weighted by Crippen LogP contribution is -2.07. The third-order valence-electron chi connectivity index (χ3n) is 5.73. The number of hydrogen-bond donors (Lipinski definition) is 1. The van der Waals surface area contributed by atoms with Gasteiger partial charge >= 0.3 is 5.97 Å². The van der Waals surface area contributed by atoms with E-state index in [1.54, 1.807) is 0 Å². The lowest BCUT2D eigenvalue weighted by atomic mass is 10.0. The van der Waals surface area contributed by atoms with Crippen LogP contribution in [0.5, 0.6) is 0 Å². The molecule has 3 nitrogen and oxygen atoms in total. The molecule has 0 saturated carbocycles. The molecule has 1 N–H and O–H groups in total. The summed E-state index contributed by atoms with van der Waals surface area (Å²) in [5.74, 6) is -0.289. The van der Waals surface area contributed by atoms with Gasteiger partial charge in [0.25, 0.3) is 0 Å². The molecule has 1 fully saturated rings. The van der Waals surface area contributed by atoms with Gasteiger partial charge in [0, 0.05) is 0 Å². The fourth-order valence-corrected chi connectivity index (χ4v) is 3.84. The predicted molar refractivity (Wildman–Crippen MR) is 118 cm³/mol. The average molecular weight is 393 g/mol. The summed E-state index contributed by atoms with van der Waals surface area (Å²) in [7, 11) is 0. The van der Waals surface area contributed by atoms with Crippen LogP contribution in [-0.2, 0) is 9.53 Å². The van der Waals surface area contributed by atoms with Crippen LogP contribution in [0.4, 0.5) is 0 Å². The molecule has 0 aromatic rings. The normalized spacial score (nSPS) is 18.2. The highest BCUT2D eigenvalue weighted by molar-refractivity contribution is 5.93. The Bertz CT molecular complexity index is 453. The minimum atomic E-state index is -0.932. The standard InChI is InChI=1S/C25H44O3/c1-3-4-5-6-7-8-9-10-11-12-13-14-15-16-17-18-19-20-21-23-24(26)22(2)28-25(23)27/h21,24,26H,2-20H2,1H3/b23-21+/t24-/m1/s1. The molecule has 1 heterocycles. The van der Waals surface area contributed by atoms with Gasteiger partial charge in [0.05, 0.1) is 5.57 Å². The number of aliphatic hydroxyl groups is 1. The molecule has 0 aliphatic carbocycles. The van der Waals surface area contributed by atoms with Gasteiger partial charge in [0.1, 0.15) is 11.9 Å². The van der Waals surface area contributed by atoms with E-state index >= 15 is 0 Å². The first-order valence-corrected chi connectivity index (χ1v) is 12.0. The van der Waals surface area contributed by atoms with Gasteiger partial charge in [-0.25, -0.2) is 4.79 Å². The zero-order valence-corrected chi connectivity index (χ0v) is 18.4. The Morgan fingerprint density at radius 1 is 0.786 bits per heavy atom. The summed E-state index contributed by atoms with van der Waals surface area (Å²) >= 11 is 0. The van der Waals surface area contributed by atoms with Gasteiger partial charge in [0.2, 0.25) is 0 Å². The molecule has 28 heavy (non-hydrogen) atoms. The van der Waals surface area contributed by atoms with Gasteiger partial charge in [0.15, 0.2) is 0 Å². The summed E-state index contributed by atoms with van der Waals surface area (Å²) in [6.07, 6.45) is 24.9. The molecule has 0 bridgehead atoms. The van der Waals surface area contributed by atoms with Crippen LogP contribution in [0.2, 0.25) is 0 Å². The smallest absolute Gasteiger partial charge is 0.341 e. The second-order valence-electron chi connectivity index (χ2n) is 8.36. The maximum atomic E-state index is 11.5. The van der Waals surface area contributed by atoms with Gasteiger partial charge < -0.3 is 9.84 Å². The number of carbonyl (C=O) groups excluding carboxylic acids is 1. The summed E-state index contributed by atoms with van der Waals surface area (Å²) in [6, 6.07) is 0. The Morgan fingerprint density at radius 3 is 1.54 bits per heavy atom. The fraction of sp³-hybridized carbons (Fsp3) is 0.800. The van der Waals surface area contributed by atoms with Crippen molar-refractivity contribution in [1.82, 2.24) is 0 Å². The minimum absolute atomic E-state index is 0.152. The molecule has 1 aliphatic heterocycles. The molecular weight excluding hydrogens is 348 g/mol. The fourth-order valence-electron chi connectivity index (χ4n) is 3.84. The van der Waals surface area contributed by atoms with Crippen LogP contribution in [0.3, 0.4) is 0 Å². The number of ether oxygens (including phenoxy) is 1. The third kappa shape index (κ3) is 11.7. The number of rotatable bonds is 18. The maximum absolute atomic E-state index is 11.5. The molecule has 0 unspecified atom stereocenters. The topological polar surface area (TPSA) is 46.5 Å². The second-order valence-corrected chi connectivity index (χ2v) is 8.36. The molecule has 1 aliphatic rings. The zero-order valence-electron chi connectivity index (χ0n) is 18.4. The Labute approximate surface area is 173 Å². The van der Waals surface area contributed by atoms with E-state index < -0.39 is 12.1 Å². The van der Waals surface area contributed by atoms with Crippen molar-refractivity contribution in [1.29, 1.82) is 0 Å². The molecule has 0 aromatic heterocycles. The maximum Gasteiger partial charge on any atom is 0.341 e. The van der Waals surface area contributed by atoms with Crippen LogP contribution in [0.1, 0.15) is 122 Å². The van der Waals surface area contributed by atoms with Crippen LogP contribution >= 0.6 is 0 Å². The van der Waals surface area contributed by atoms with E-state index in [1.165, 1.54) is 103 Å². The number of allylic oxidation sites excluding steroid dienone is 1. The molecule has 1 rings (SSSR count). The minimum Gasteiger partial charge on any atom is -0.425 e. The van der Waals surface area contributed by atoms with Gasteiger partial charge in [-0.05, 0) is 12.8 Å². The first-order chi connectivity index (χ1) is 13.7. The summed E-state index contributed by atoms with van der Waals surface area (Å²) in [5.41, 5.74) is 0.362. The molecule has 0 spiro atoms. The van der Waals surface area contributed by atoms with Crippen molar-refractivity contribution in [3.63, 3.8) is 0 Å². The van der Waals surface area contributed by atoms with E-state index in [1.807, 2.05) is 6.08 Å². The van der Waals surface area contributed by atoms with Gasteiger partial charge in [-0.3, -0.25) is 0 Å². The van der Waals surface area contributed by atoms with E-state index in [4.69, 9.17) is 4.74 Å². The van der Waals surface area contributed by atoms with Gasteiger partial charge in [-0.2, -0.15) is 0 Å². The SMILES string of the molecule is C=C1OC(=O)/C(=C/CCCCCCCCCCCCCCCCCCC)[C@@H]1O. The molecule has 0 aromatic carbocycles. The number of carbonyl (C=O) groups is 1. The Kier molecular flexibility index (Phi) is 15.0. The number of aliphatic hydroxyl groups excluding tert-OH is 1. The molecule has 162 valence electrons. The molecule has 1 atom stereocenters. The van der Waals surface area contributed by atoms with Crippen molar-refractivity contribution in [2.45, 2.75) is 129 Å². The van der Waals surface area contributed by atoms with Crippen molar-refractivity contribution in [3.05, 3.63) is 24.0 Å². The lowest BCUT2D eigenvalue weighted by molar-refractivity contribution is -0.132. The molecular formula is C25H44O3. The van der Waals surface area contributed by atoms with Crippen LogP contribution < -0.4 is 0 Å². The van der Waals surface area contributed by atoms with Crippen molar-refractivity contribution < 1.29 is 14.6 Å². The van der Waals surface area contributed by atoms with E-state index in [9.17, 15) is 9.90 Å². The first kappa shape index (κ1) is 24.9. The van der Waals surface area contributed by atoms with Crippen molar-refractivity contribution >= 4 is 5.97 Å². The lowest BCUT2D eigenvalue weighted by Gasteiger charge is -2.03. The summed E-state index contributed by atoms with van der Waals surface area (Å²) in [5, 5.41) is 9.76. The second kappa shape index (κ2) is 16.8. The highest BCUT2D eigenvalue weighted by Crippen LogP contribution is 2.24. The quantitative estimate of drug-likeness (QED) is 0.150. The molecule has 1 saturated heterocycles. The zero-order chi connectivity index (χ0) is 20.5. The molecule has 3 heteroatoms. The van der Waals surface area contributed by atoms with Crippen LogP contribution in [-0.4, -0.2) is 17.2 Å². The molecule has 0 radical (unpaired) electrons. The van der Waals surface area contributed by atoms with Crippen molar-refractivity contribution in [2.24, 2.45) is 0 Å². The summed E-state index contributed by atoms with van der Waals surface area (Å²) < 4.78 is 4.82. The Hall–Kier alpha value is -1.09. The van der Waals surface area contributed by atoms with Crippen LogP contribution in [0.15, 0.2) is 24.0 Å². The largest absolute Gasteiger partial charge is 0.425 e. The number of esters is 1. The van der Waals surface area contributed by atoms with E-state index in [0.717, 1.165) is 12.8 Å². The number of cyclic esters (lactones) is 1. The average Bonchev–Trinajstić information content (AvgIpc) is 2.92. The van der Waals surface area contributed by atoms with E-state index in [-0.39, 0.29) is 5.76 Å². The highest BCUT2D eigenvalue weighted by Gasteiger charge is 2.32. The van der Waals surface area contributed by atoms with Crippen molar-refractivity contribution in [3.8, 4) is 0 Å². The van der Waals surface area contributed by atoms with Gasteiger partial charge in [-0.1, -0.05) is 122 Å². The summed E-state index contributed by atoms with van der Waals surface area (Å²) in [4.78, 5) is 11.5. The first-order valence-electron chi connectivity index (χ1n) is 12.0. The number of unbranched alkanes of at least 4 members (excludes halogenated alkanes) is 17. The number of hydrogen-bond acceptors (Lipinski definition) is 3. The summed E-state index contributed by atoms with van der Waals surface area (Å²) in [6.45, 7) is 5.81. The van der Waals surface area contributed by atoms with Crippen molar-refractivity contribution in [2.75, 3.05) is 0 Å².